The third-order valence-corrected chi connectivity index (χ3v) is 2.84. The molecule has 0 unspecified atom stereocenters. The first kappa shape index (κ1) is 12.8. The fraction of sp³-hybridized carbons (Fsp3) is 0.154. The van der Waals surface area contributed by atoms with Crippen LogP contribution in [-0.2, 0) is 4.74 Å². The molecule has 0 atom stereocenters. The van der Waals surface area contributed by atoms with E-state index in [0.717, 1.165) is 22.7 Å². The van der Waals surface area contributed by atoms with Gasteiger partial charge < -0.3 is 9.72 Å². The van der Waals surface area contributed by atoms with Gasteiger partial charge in [-0.3, -0.25) is 10.1 Å². The molecule has 1 heterocycles. The van der Waals surface area contributed by atoms with Gasteiger partial charge in [0.25, 0.3) is 0 Å². The number of H-pyrrole nitrogens is 1. The lowest BCUT2D eigenvalue weighted by Crippen LogP contribution is -2.03. The van der Waals surface area contributed by atoms with Crippen LogP contribution in [0, 0.1) is 17.0 Å². The van der Waals surface area contributed by atoms with E-state index in [1.54, 1.807) is 25.3 Å². The highest BCUT2D eigenvalue weighted by Gasteiger charge is 2.12. The first-order valence-corrected chi connectivity index (χ1v) is 5.54. The smallest absolute Gasteiger partial charge is 0.338 e. The van der Waals surface area contributed by atoms with E-state index < -0.39 is 10.9 Å². The van der Waals surface area contributed by atoms with Crippen molar-refractivity contribution in [2.45, 2.75) is 6.92 Å². The van der Waals surface area contributed by atoms with Crippen LogP contribution in [0.3, 0.4) is 0 Å². The van der Waals surface area contributed by atoms with Crippen molar-refractivity contribution in [3.63, 3.8) is 0 Å². The minimum absolute atomic E-state index is 0.406. The summed E-state index contributed by atoms with van der Waals surface area (Å²) >= 11 is 0. The quantitative estimate of drug-likeness (QED) is 0.522. The van der Waals surface area contributed by atoms with Crippen LogP contribution in [0.25, 0.3) is 17.0 Å². The molecule has 0 amide bonds. The van der Waals surface area contributed by atoms with Crippen molar-refractivity contribution in [3.05, 3.63) is 51.3 Å². The Balaban J connectivity index is 2.54. The van der Waals surface area contributed by atoms with Gasteiger partial charge in [0.05, 0.1) is 17.6 Å². The van der Waals surface area contributed by atoms with E-state index in [4.69, 9.17) is 4.74 Å². The van der Waals surface area contributed by atoms with Gasteiger partial charge in [-0.2, -0.15) is 0 Å². The lowest BCUT2D eigenvalue weighted by atomic mass is 10.0. The first-order valence-electron chi connectivity index (χ1n) is 5.54. The van der Waals surface area contributed by atoms with Gasteiger partial charge in [0.1, 0.15) is 0 Å². The minimum atomic E-state index is -0.519. The summed E-state index contributed by atoms with van der Waals surface area (Å²) in [6.07, 6.45) is 3.95. The van der Waals surface area contributed by atoms with Crippen molar-refractivity contribution in [2.75, 3.05) is 7.11 Å². The van der Waals surface area contributed by atoms with Gasteiger partial charge in [0, 0.05) is 28.7 Å². The van der Waals surface area contributed by atoms with Crippen LogP contribution in [0.5, 0.6) is 0 Å². The number of benzene rings is 1. The first-order chi connectivity index (χ1) is 9.02. The van der Waals surface area contributed by atoms with Crippen LogP contribution in [0.15, 0.2) is 24.5 Å². The zero-order valence-corrected chi connectivity index (χ0v) is 10.5. The molecule has 0 aliphatic heterocycles. The molecule has 6 nitrogen and oxygen atoms in total. The van der Waals surface area contributed by atoms with Crippen molar-refractivity contribution in [1.82, 2.24) is 4.98 Å². The van der Waals surface area contributed by atoms with Crippen molar-refractivity contribution in [2.24, 2.45) is 0 Å². The molecule has 0 radical (unpaired) electrons. The zero-order chi connectivity index (χ0) is 14.0. The molecule has 0 bridgehead atoms. The van der Waals surface area contributed by atoms with Gasteiger partial charge in [0.15, 0.2) is 0 Å². The molecule has 1 aromatic heterocycles. The summed E-state index contributed by atoms with van der Waals surface area (Å²) in [4.78, 5) is 24.3. The van der Waals surface area contributed by atoms with Gasteiger partial charge in [-0.25, -0.2) is 4.79 Å². The number of nitrogens with one attached hydrogen (secondary N) is 1. The molecule has 0 saturated heterocycles. The predicted octanol–water partition coefficient (Wildman–Crippen LogP) is 2.51. The fourth-order valence-electron chi connectivity index (χ4n) is 1.91. The lowest BCUT2D eigenvalue weighted by Gasteiger charge is -2.04. The number of rotatable bonds is 3. The summed E-state index contributed by atoms with van der Waals surface area (Å²) in [6.45, 7) is 1.79. The Kier molecular flexibility index (Phi) is 3.33. The molecule has 98 valence electrons. The summed E-state index contributed by atoms with van der Waals surface area (Å²) in [5, 5.41) is 11.1. The summed E-state index contributed by atoms with van der Waals surface area (Å²) in [5.41, 5.74) is 2.66. The zero-order valence-electron chi connectivity index (χ0n) is 10.5. The number of fused-ring (bicyclic) bond motifs is 1. The van der Waals surface area contributed by atoms with Crippen LogP contribution >= 0.6 is 0 Å². The van der Waals surface area contributed by atoms with Crippen LogP contribution in [0.1, 0.15) is 21.5 Å². The van der Waals surface area contributed by atoms with E-state index in [0.29, 0.717) is 11.1 Å². The second-order valence-corrected chi connectivity index (χ2v) is 4.05. The second kappa shape index (κ2) is 4.93. The molecule has 0 aliphatic rings. The minimum Gasteiger partial charge on any atom is -0.465 e. The third kappa shape index (κ3) is 2.47. The Labute approximate surface area is 108 Å². The molecule has 0 saturated carbocycles. The largest absolute Gasteiger partial charge is 0.465 e. The van der Waals surface area contributed by atoms with Crippen molar-refractivity contribution < 1.29 is 14.5 Å². The van der Waals surface area contributed by atoms with Gasteiger partial charge in [-0.1, -0.05) is 0 Å². The summed E-state index contributed by atoms with van der Waals surface area (Å²) in [5.74, 6) is -0.406. The van der Waals surface area contributed by atoms with Crippen molar-refractivity contribution >= 4 is 22.9 Å². The number of methoxy groups -OCH3 is 1. The van der Waals surface area contributed by atoms with E-state index in [1.165, 1.54) is 13.2 Å². The molecule has 19 heavy (non-hydrogen) atoms. The number of nitrogens with zero attached hydrogens (tertiary/aromatic N) is 1. The summed E-state index contributed by atoms with van der Waals surface area (Å²) < 4.78 is 4.70. The Hall–Kier alpha value is -2.63. The van der Waals surface area contributed by atoms with Crippen LogP contribution < -0.4 is 0 Å². The Morgan fingerprint density at radius 2 is 2.21 bits per heavy atom. The van der Waals surface area contributed by atoms with Crippen LogP contribution in [0.4, 0.5) is 0 Å². The molecular formula is C13H12N2O4. The SMILES string of the molecule is COC(=O)c1cc2[nH]cc(/C=C/[N+](=O)[O-])c2cc1C. The molecule has 0 aliphatic carbocycles. The van der Waals surface area contributed by atoms with Crippen molar-refractivity contribution in [3.8, 4) is 0 Å². The number of esters is 1. The molecule has 2 rings (SSSR count). The average molecular weight is 260 g/mol. The number of carbonyl (C=O) groups is 1. The molecule has 0 fully saturated rings. The van der Waals surface area contributed by atoms with Gasteiger partial charge in [-0.15, -0.1) is 0 Å². The van der Waals surface area contributed by atoms with Crippen LogP contribution in [0.2, 0.25) is 0 Å². The number of ether oxygens (including phenoxy) is 1. The molecule has 1 N–H and O–H groups in total. The number of aromatic nitrogens is 1. The normalized spacial score (nSPS) is 11.1. The maximum absolute atomic E-state index is 11.6. The number of nitro groups is 1. The van der Waals surface area contributed by atoms with Crippen LogP contribution in [-0.4, -0.2) is 23.0 Å². The van der Waals surface area contributed by atoms with E-state index in [1.807, 2.05) is 0 Å². The number of aromatic amines is 1. The highest BCUT2D eigenvalue weighted by Crippen LogP contribution is 2.24. The number of aryl methyl sites for hydroxylation is 1. The second-order valence-electron chi connectivity index (χ2n) is 4.05. The maximum atomic E-state index is 11.6. The van der Waals surface area contributed by atoms with E-state index in [-0.39, 0.29) is 0 Å². The number of hydrogen-bond donors (Lipinski definition) is 1. The molecule has 6 heteroatoms. The summed E-state index contributed by atoms with van der Waals surface area (Å²) in [7, 11) is 1.33. The monoisotopic (exact) mass is 260 g/mol. The van der Waals surface area contributed by atoms with Gasteiger partial charge in [0.2, 0.25) is 6.20 Å². The number of carbonyl (C=O) groups excluding carboxylic acids is 1. The van der Waals surface area contributed by atoms with E-state index in [9.17, 15) is 14.9 Å². The lowest BCUT2D eigenvalue weighted by molar-refractivity contribution is -0.400. The fourth-order valence-corrected chi connectivity index (χ4v) is 1.91. The van der Waals surface area contributed by atoms with Gasteiger partial charge >= 0.3 is 5.97 Å². The van der Waals surface area contributed by atoms with E-state index in [2.05, 4.69) is 4.98 Å². The third-order valence-electron chi connectivity index (χ3n) is 2.84. The Bertz CT molecular complexity index is 685. The van der Waals surface area contributed by atoms with Crippen molar-refractivity contribution in [1.29, 1.82) is 0 Å². The molecule has 1 aromatic carbocycles. The maximum Gasteiger partial charge on any atom is 0.338 e. The molecule has 0 spiro atoms. The topological polar surface area (TPSA) is 85.2 Å². The number of hydrogen-bond acceptors (Lipinski definition) is 4. The van der Waals surface area contributed by atoms with Gasteiger partial charge in [-0.05, 0) is 24.6 Å². The highest BCUT2D eigenvalue weighted by atomic mass is 16.6. The standard InChI is InChI=1S/C13H12N2O4/c1-8-5-11-9(3-4-15(17)18)7-14-12(11)6-10(8)13(16)19-2/h3-7,14H,1-2H3/b4-3+. The predicted molar refractivity (Wildman–Crippen MR) is 70.4 cm³/mol. The molecular weight excluding hydrogens is 248 g/mol. The Morgan fingerprint density at radius 1 is 1.47 bits per heavy atom. The van der Waals surface area contributed by atoms with E-state index >= 15 is 0 Å². The summed E-state index contributed by atoms with van der Waals surface area (Å²) in [6, 6.07) is 3.48. The Morgan fingerprint density at radius 3 is 2.84 bits per heavy atom. The highest BCUT2D eigenvalue weighted by molar-refractivity contribution is 5.98. The average Bonchev–Trinajstić information content (AvgIpc) is 2.76. The molecule has 2 aromatic rings.